The zero-order chi connectivity index (χ0) is 20.0. The van der Waals surface area contributed by atoms with Gasteiger partial charge in [-0.3, -0.25) is 4.99 Å². The van der Waals surface area contributed by atoms with Gasteiger partial charge in [0, 0.05) is 36.9 Å². The van der Waals surface area contributed by atoms with E-state index in [-0.39, 0.29) is 5.41 Å². The zero-order valence-electron chi connectivity index (χ0n) is 17.4. The smallest absolute Gasteiger partial charge is 0.194 e. The molecule has 0 bridgehead atoms. The first-order valence-corrected chi connectivity index (χ1v) is 10.9. The molecule has 1 N–H and O–H groups in total. The van der Waals surface area contributed by atoms with Crippen molar-refractivity contribution >= 4 is 17.3 Å². The van der Waals surface area contributed by atoms with Crippen LogP contribution in [0.15, 0.2) is 40.7 Å². The predicted molar refractivity (Wildman–Crippen MR) is 117 cm³/mol. The number of likely N-dealkylation sites (tertiary alicyclic amines) is 1. The van der Waals surface area contributed by atoms with E-state index in [0.29, 0.717) is 12.5 Å². The van der Waals surface area contributed by atoms with Crippen molar-refractivity contribution in [2.45, 2.75) is 45.8 Å². The van der Waals surface area contributed by atoms with Crippen molar-refractivity contribution in [3.05, 3.63) is 52.0 Å². The zero-order valence-corrected chi connectivity index (χ0v) is 18.3. The van der Waals surface area contributed by atoms with Crippen LogP contribution in [0.25, 0.3) is 0 Å². The van der Waals surface area contributed by atoms with Gasteiger partial charge in [0.05, 0.1) is 25.5 Å². The van der Waals surface area contributed by atoms with Crippen molar-refractivity contribution in [1.29, 1.82) is 0 Å². The quantitative estimate of drug-likeness (QED) is 0.587. The molecule has 6 heteroatoms. The van der Waals surface area contributed by atoms with Crippen LogP contribution in [0.1, 0.15) is 43.5 Å². The highest BCUT2D eigenvalue weighted by Gasteiger charge is 2.25. The van der Waals surface area contributed by atoms with Crippen LogP contribution in [0.4, 0.5) is 0 Å². The first kappa shape index (κ1) is 20.8. The third kappa shape index (κ3) is 5.79. The summed E-state index contributed by atoms with van der Waals surface area (Å²) in [5, 5.41) is 6.75. The lowest BCUT2D eigenvalue weighted by Crippen LogP contribution is -2.39. The summed E-state index contributed by atoms with van der Waals surface area (Å²) in [6, 6.07) is 10.4. The lowest BCUT2D eigenvalue weighted by molar-refractivity contribution is 0.0906. The standard InChI is InChI=1S/C22H32N4OS/c1-22(2,3)19-16-28-20(25-19)12-24-21(23-4)26-11-10-18(13-26)15-27-14-17-8-6-5-7-9-17/h5-9,16,18H,10-15H2,1-4H3,(H,23,24). The SMILES string of the molecule is CN=C(NCc1nc(C(C)(C)C)cs1)N1CCC(COCc2ccccc2)C1. The molecule has 1 aromatic heterocycles. The molecule has 0 amide bonds. The summed E-state index contributed by atoms with van der Waals surface area (Å²) < 4.78 is 5.93. The second kappa shape index (κ2) is 9.52. The molecule has 2 aromatic rings. The first-order valence-electron chi connectivity index (χ1n) is 9.98. The maximum absolute atomic E-state index is 5.93. The van der Waals surface area contributed by atoms with Crippen LogP contribution in [-0.4, -0.2) is 42.6 Å². The topological polar surface area (TPSA) is 49.8 Å². The molecule has 0 spiro atoms. The normalized spacial score (nSPS) is 17.9. The van der Waals surface area contributed by atoms with Crippen molar-refractivity contribution in [2.75, 3.05) is 26.7 Å². The van der Waals surface area contributed by atoms with Gasteiger partial charge in [-0.15, -0.1) is 11.3 Å². The van der Waals surface area contributed by atoms with Gasteiger partial charge in [0.15, 0.2) is 5.96 Å². The van der Waals surface area contributed by atoms with E-state index in [1.54, 1.807) is 11.3 Å². The number of aliphatic imine (C=N–C) groups is 1. The average molecular weight is 401 g/mol. The van der Waals surface area contributed by atoms with Crippen LogP contribution in [0.5, 0.6) is 0 Å². The third-order valence-corrected chi connectivity index (χ3v) is 5.83. The average Bonchev–Trinajstić information content (AvgIpc) is 3.33. The van der Waals surface area contributed by atoms with Crippen molar-refractivity contribution in [3.8, 4) is 0 Å². The Labute approximate surface area is 172 Å². The van der Waals surface area contributed by atoms with Gasteiger partial charge >= 0.3 is 0 Å². The molecule has 2 heterocycles. The van der Waals surface area contributed by atoms with Crippen molar-refractivity contribution < 1.29 is 4.74 Å². The van der Waals surface area contributed by atoms with Crippen LogP contribution in [0.3, 0.4) is 0 Å². The molecule has 1 atom stereocenters. The summed E-state index contributed by atoms with van der Waals surface area (Å²) in [5.74, 6) is 1.51. The predicted octanol–water partition coefficient (Wildman–Crippen LogP) is 4.05. The number of nitrogens with zero attached hydrogens (tertiary/aromatic N) is 3. The number of guanidine groups is 1. The number of hydrogen-bond donors (Lipinski definition) is 1. The molecule has 28 heavy (non-hydrogen) atoms. The van der Waals surface area contributed by atoms with Gasteiger partial charge in [-0.2, -0.15) is 0 Å². The molecule has 152 valence electrons. The number of nitrogens with one attached hydrogen (secondary N) is 1. The molecular formula is C22H32N4OS. The molecule has 0 saturated carbocycles. The second-order valence-electron chi connectivity index (χ2n) is 8.38. The molecule has 1 aromatic carbocycles. The van der Waals surface area contributed by atoms with Crippen LogP contribution < -0.4 is 5.32 Å². The lowest BCUT2D eigenvalue weighted by atomic mass is 9.93. The highest BCUT2D eigenvalue weighted by Crippen LogP contribution is 2.24. The van der Waals surface area contributed by atoms with Crippen molar-refractivity contribution in [3.63, 3.8) is 0 Å². The molecule has 1 unspecified atom stereocenters. The fraction of sp³-hybridized carbons (Fsp3) is 0.545. The van der Waals surface area contributed by atoms with Gasteiger partial charge in [0.25, 0.3) is 0 Å². The Bertz CT molecular complexity index is 766. The Morgan fingerprint density at radius 3 is 2.79 bits per heavy atom. The van der Waals surface area contributed by atoms with Crippen molar-refractivity contribution in [2.24, 2.45) is 10.9 Å². The summed E-state index contributed by atoms with van der Waals surface area (Å²) in [6.45, 7) is 10.8. The fourth-order valence-corrected chi connectivity index (χ4v) is 4.26. The number of aromatic nitrogens is 1. The summed E-state index contributed by atoms with van der Waals surface area (Å²) in [7, 11) is 1.85. The Balaban J connectivity index is 1.43. The van der Waals surface area contributed by atoms with Crippen LogP contribution in [0, 0.1) is 5.92 Å². The van der Waals surface area contributed by atoms with E-state index < -0.39 is 0 Å². The van der Waals surface area contributed by atoms with Gasteiger partial charge < -0.3 is 15.0 Å². The lowest BCUT2D eigenvalue weighted by Gasteiger charge is -2.21. The number of benzene rings is 1. The number of hydrogen-bond acceptors (Lipinski definition) is 4. The number of ether oxygens (including phenoxy) is 1. The number of rotatable bonds is 6. The largest absolute Gasteiger partial charge is 0.376 e. The first-order chi connectivity index (χ1) is 13.5. The van der Waals surface area contributed by atoms with E-state index in [1.807, 2.05) is 13.1 Å². The summed E-state index contributed by atoms with van der Waals surface area (Å²) >= 11 is 1.71. The molecule has 1 aliphatic heterocycles. The van der Waals surface area contributed by atoms with Crippen LogP contribution >= 0.6 is 11.3 Å². The molecular weight excluding hydrogens is 368 g/mol. The summed E-state index contributed by atoms with van der Waals surface area (Å²) in [5.41, 5.74) is 2.48. The van der Waals surface area contributed by atoms with Gasteiger partial charge in [0.1, 0.15) is 5.01 Å². The minimum absolute atomic E-state index is 0.0956. The fourth-order valence-electron chi connectivity index (χ4n) is 3.30. The summed E-state index contributed by atoms with van der Waals surface area (Å²) in [6.07, 6.45) is 1.14. The minimum Gasteiger partial charge on any atom is -0.376 e. The molecule has 3 rings (SSSR count). The summed E-state index contributed by atoms with van der Waals surface area (Å²) in [4.78, 5) is 11.6. The van der Waals surface area contributed by atoms with E-state index in [2.05, 4.69) is 65.6 Å². The van der Waals surface area contributed by atoms with E-state index in [0.717, 1.165) is 49.3 Å². The molecule has 1 aliphatic rings. The van der Waals surface area contributed by atoms with E-state index >= 15 is 0 Å². The van der Waals surface area contributed by atoms with Gasteiger partial charge in [-0.05, 0) is 12.0 Å². The number of thiazole rings is 1. The highest BCUT2D eigenvalue weighted by atomic mass is 32.1. The Morgan fingerprint density at radius 2 is 2.11 bits per heavy atom. The van der Waals surface area contributed by atoms with Gasteiger partial charge in [0.2, 0.25) is 0 Å². The maximum Gasteiger partial charge on any atom is 0.194 e. The van der Waals surface area contributed by atoms with Crippen LogP contribution in [0.2, 0.25) is 0 Å². The van der Waals surface area contributed by atoms with Gasteiger partial charge in [-0.1, -0.05) is 51.1 Å². The van der Waals surface area contributed by atoms with Crippen LogP contribution in [-0.2, 0) is 23.3 Å². The Kier molecular flexibility index (Phi) is 7.08. The van der Waals surface area contributed by atoms with E-state index in [1.165, 1.54) is 5.56 Å². The third-order valence-electron chi connectivity index (χ3n) is 4.98. The highest BCUT2D eigenvalue weighted by molar-refractivity contribution is 7.09. The molecule has 1 fully saturated rings. The molecule has 1 saturated heterocycles. The van der Waals surface area contributed by atoms with Crippen molar-refractivity contribution in [1.82, 2.24) is 15.2 Å². The monoisotopic (exact) mass is 400 g/mol. The second-order valence-corrected chi connectivity index (χ2v) is 9.32. The molecule has 0 aliphatic carbocycles. The Morgan fingerprint density at radius 1 is 1.32 bits per heavy atom. The minimum atomic E-state index is 0.0956. The molecule has 5 nitrogen and oxygen atoms in total. The maximum atomic E-state index is 5.93. The van der Waals surface area contributed by atoms with E-state index in [4.69, 9.17) is 9.72 Å². The van der Waals surface area contributed by atoms with E-state index in [9.17, 15) is 0 Å². The molecule has 0 radical (unpaired) electrons. The van der Waals surface area contributed by atoms with Gasteiger partial charge in [-0.25, -0.2) is 4.98 Å². The Hall–Kier alpha value is -1.92.